The van der Waals surface area contributed by atoms with Crippen molar-refractivity contribution in [3.8, 4) is 5.75 Å². The second kappa shape index (κ2) is 8.68. The SMILES string of the molecule is COc1ccc(NC(C)=O)c(NC(=O)CC(C)C2CCNCC2)c1. The van der Waals surface area contributed by atoms with Crippen molar-refractivity contribution in [3.63, 3.8) is 0 Å². The van der Waals surface area contributed by atoms with E-state index in [0.717, 1.165) is 25.9 Å². The minimum Gasteiger partial charge on any atom is -0.497 e. The first-order chi connectivity index (χ1) is 11.5. The Kier molecular flexibility index (Phi) is 6.61. The van der Waals surface area contributed by atoms with Crippen molar-refractivity contribution < 1.29 is 14.3 Å². The molecule has 6 heteroatoms. The molecule has 24 heavy (non-hydrogen) atoms. The maximum atomic E-state index is 12.4. The highest BCUT2D eigenvalue weighted by molar-refractivity contribution is 5.99. The average Bonchev–Trinajstić information content (AvgIpc) is 2.56. The molecule has 0 saturated carbocycles. The maximum Gasteiger partial charge on any atom is 0.224 e. The van der Waals surface area contributed by atoms with E-state index in [1.165, 1.54) is 6.92 Å². The van der Waals surface area contributed by atoms with Gasteiger partial charge in [-0.15, -0.1) is 0 Å². The maximum absolute atomic E-state index is 12.4. The number of piperidine rings is 1. The number of hydrogen-bond donors (Lipinski definition) is 3. The van der Waals surface area contributed by atoms with E-state index >= 15 is 0 Å². The van der Waals surface area contributed by atoms with Gasteiger partial charge in [0.15, 0.2) is 0 Å². The van der Waals surface area contributed by atoms with Crippen LogP contribution in [0, 0.1) is 11.8 Å². The third-order valence-corrected chi connectivity index (χ3v) is 4.51. The van der Waals surface area contributed by atoms with Crippen LogP contribution in [0.5, 0.6) is 5.75 Å². The summed E-state index contributed by atoms with van der Waals surface area (Å²) in [6.07, 6.45) is 2.71. The van der Waals surface area contributed by atoms with Crippen LogP contribution in [0.3, 0.4) is 0 Å². The first kappa shape index (κ1) is 18.3. The molecule has 132 valence electrons. The van der Waals surface area contributed by atoms with Gasteiger partial charge < -0.3 is 20.7 Å². The van der Waals surface area contributed by atoms with Crippen molar-refractivity contribution in [1.29, 1.82) is 0 Å². The van der Waals surface area contributed by atoms with E-state index in [4.69, 9.17) is 4.74 Å². The topological polar surface area (TPSA) is 79.5 Å². The zero-order valence-electron chi connectivity index (χ0n) is 14.6. The fourth-order valence-electron chi connectivity index (χ4n) is 3.13. The molecular weight excluding hydrogens is 306 g/mol. The molecule has 1 aliphatic heterocycles. The third kappa shape index (κ3) is 5.23. The van der Waals surface area contributed by atoms with Crippen LogP contribution in [-0.4, -0.2) is 32.0 Å². The Labute approximate surface area is 143 Å². The molecule has 0 aliphatic carbocycles. The van der Waals surface area contributed by atoms with E-state index < -0.39 is 0 Å². The summed E-state index contributed by atoms with van der Waals surface area (Å²) in [5.41, 5.74) is 1.14. The molecule has 1 aromatic rings. The lowest BCUT2D eigenvalue weighted by atomic mass is 9.84. The van der Waals surface area contributed by atoms with Gasteiger partial charge in [-0.3, -0.25) is 9.59 Å². The normalized spacial score (nSPS) is 16.3. The van der Waals surface area contributed by atoms with E-state index in [2.05, 4.69) is 22.9 Å². The zero-order valence-corrected chi connectivity index (χ0v) is 14.6. The highest BCUT2D eigenvalue weighted by Gasteiger charge is 2.22. The molecule has 3 N–H and O–H groups in total. The van der Waals surface area contributed by atoms with Crippen molar-refractivity contribution in [2.45, 2.75) is 33.1 Å². The van der Waals surface area contributed by atoms with Crippen LogP contribution in [0.4, 0.5) is 11.4 Å². The first-order valence-electron chi connectivity index (χ1n) is 8.45. The summed E-state index contributed by atoms with van der Waals surface area (Å²) in [7, 11) is 1.57. The molecule has 1 atom stereocenters. The van der Waals surface area contributed by atoms with E-state index in [1.54, 1.807) is 25.3 Å². The van der Waals surface area contributed by atoms with Gasteiger partial charge >= 0.3 is 0 Å². The van der Waals surface area contributed by atoms with Crippen LogP contribution in [0.2, 0.25) is 0 Å². The Morgan fingerprint density at radius 2 is 1.96 bits per heavy atom. The number of hydrogen-bond acceptors (Lipinski definition) is 4. The second-order valence-corrected chi connectivity index (χ2v) is 6.41. The number of carbonyl (C=O) groups is 2. The summed E-state index contributed by atoms with van der Waals surface area (Å²) in [5.74, 6) is 1.32. The van der Waals surface area contributed by atoms with Crippen LogP contribution < -0.4 is 20.7 Å². The predicted molar refractivity (Wildman–Crippen MR) is 95.3 cm³/mol. The van der Waals surface area contributed by atoms with Crippen LogP contribution in [0.1, 0.15) is 33.1 Å². The van der Waals surface area contributed by atoms with Gasteiger partial charge in [0.25, 0.3) is 0 Å². The monoisotopic (exact) mass is 333 g/mol. The van der Waals surface area contributed by atoms with Gasteiger partial charge in [-0.2, -0.15) is 0 Å². The van der Waals surface area contributed by atoms with E-state index in [-0.39, 0.29) is 11.8 Å². The molecule has 2 rings (SSSR count). The second-order valence-electron chi connectivity index (χ2n) is 6.41. The molecule has 2 amide bonds. The Morgan fingerprint density at radius 3 is 2.58 bits per heavy atom. The lowest BCUT2D eigenvalue weighted by Gasteiger charge is -2.28. The molecule has 1 unspecified atom stereocenters. The highest BCUT2D eigenvalue weighted by atomic mass is 16.5. The average molecular weight is 333 g/mol. The van der Waals surface area contributed by atoms with Crippen molar-refractivity contribution in [2.75, 3.05) is 30.8 Å². The Balaban J connectivity index is 2.02. The van der Waals surface area contributed by atoms with Gasteiger partial charge in [-0.1, -0.05) is 6.92 Å². The third-order valence-electron chi connectivity index (χ3n) is 4.51. The fraction of sp³-hybridized carbons (Fsp3) is 0.556. The van der Waals surface area contributed by atoms with Crippen LogP contribution in [0.15, 0.2) is 18.2 Å². The molecule has 6 nitrogen and oxygen atoms in total. The molecule has 1 heterocycles. The van der Waals surface area contributed by atoms with E-state index in [9.17, 15) is 9.59 Å². The predicted octanol–water partition coefficient (Wildman–Crippen LogP) is 2.62. The summed E-state index contributed by atoms with van der Waals surface area (Å²) in [6.45, 7) is 5.63. The summed E-state index contributed by atoms with van der Waals surface area (Å²) in [6, 6.07) is 5.20. The number of nitrogens with one attached hydrogen (secondary N) is 3. The number of carbonyl (C=O) groups excluding carboxylic acids is 2. The van der Waals surface area contributed by atoms with Crippen molar-refractivity contribution in [2.24, 2.45) is 11.8 Å². The molecule has 0 bridgehead atoms. The Hall–Kier alpha value is -2.08. The van der Waals surface area contributed by atoms with Crippen LogP contribution in [0.25, 0.3) is 0 Å². The molecule has 1 saturated heterocycles. The van der Waals surface area contributed by atoms with Crippen molar-refractivity contribution in [3.05, 3.63) is 18.2 Å². The summed E-state index contributed by atoms with van der Waals surface area (Å²) < 4.78 is 5.20. The van der Waals surface area contributed by atoms with Crippen molar-refractivity contribution >= 4 is 23.2 Å². The number of amides is 2. The molecular formula is C18H27N3O3. The van der Waals surface area contributed by atoms with Gasteiger partial charge in [0, 0.05) is 19.4 Å². The quantitative estimate of drug-likeness (QED) is 0.748. The largest absolute Gasteiger partial charge is 0.497 e. The van der Waals surface area contributed by atoms with Crippen LogP contribution in [-0.2, 0) is 9.59 Å². The van der Waals surface area contributed by atoms with Gasteiger partial charge in [-0.25, -0.2) is 0 Å². The fourth-order valence-corrected chi connectivity index (χ4v) is 3.13. The standard InChI is InChI=1S/C18H27N3O3/c1-12(14-6-8-19-9-7-14)10-18(23)21-17-11-15(24-3)4-5-16(17)20-13(2)22/h4-5,11-12,14,19H,6-10H2,1-3H3,(H,20,22)(H,21,23). The van der Waals surface area contributed by atoms with Gasteiger partial charge in [0.05, 0.1) is 18.5 Å². The first-order valence-corrected chi connectivity index (χ1v) is 8.45. The number of methoxy groups -OCH3 is 1. The Morgan fingerprint density at radius 1 is 1.25 bits per heavy atom. The minimum atomic E-state index is -0.182. The minimum absolute atomic E-state index is 0.0408. The zero-order chi connectivity index (χ0) is 17.5. The lowest BCUT2D eigenvalue weighted by Crippen LogP contribution is -2.32. The lowest BCUT2D eigenvalue weighted by molar-refractivity contribution is -0.117. The summed E-state index contributed by atoms with van der Waals surface area (Å²) in [5, 5.41) is 8.99. The summed E-state index contributed by atoms with van der Waals surface area (Å²) >= 11 is 0. The number of benzene rings is 1. The molecule has 0 spiro atoms. The smallest absolute Gasteiger partial charge is 0.224 e. The molecule has 1 aromatic carbocycles. The van der Waals surface area contributed by atoms with Crippen molar-refractivity contribution in [1.82, 2.24) is 5.32 Å². The number of anilines is 2. The van der Waals surface area contributed by atoms with Crippen LogP contribution >= 0.6 is 0 Å². The molecule has 0 aromatic heterocycles. The van der Waals surface area contributed by atoms with Gasteiger partial charge in [-0.05, 0) is 49.9 Å². The van der Waals surface area contributed by atoms with E-state index in [0.29, 0.717) is 35.4 Å². The highest BCUT2D eigenvalue weighted by Crippen LogP contribution is 2.29. The number of ether oxygens (including phenoxy) is 1. The van der Waals surface area contributed by atoms with Gasteiger partial charge in [0.2, 0.25) is 11.8 Å². The molecule has 0 radical (unpaired) electrons. The van der Waals surface area contributed by atoms with Gasteiger partial charge in [0.1, 0.15) is 5.75 Å². The Bertz CT molecular complexity index is 583. The molecule has 1 fully saturated rings. The number of rotatable bonds is 6. The molecule has 1 aliphatic rings. The summed E-state index contributed by atoms with van der Waals surface area (Å²) in [4.78, 5) is 23.8. The van der Waals surface area contributed by atoms with E-state index in [1.807, 2.05) is 0 Å².